The zero-order valence-electron chi connectivity index (χ0n) is 13.5. The van der Waals surface area contributed by atoms with Crippen molar-refractivity contribution < 1.29 is 9.90 Å². The third kappa shape index (κ3) is 3.35. The van der Waals surface area contributed by atoms with Crippen LogP contribution in [-0.4, -0.2) is 35.1 Å². The molecule has 3 rings (SSSR count). The van der Waals surface area contributed by atoms with Gasteiger partial charge in [0.25, 0.3) is 0 Å². The molecule has 2 aliphatic rings. The van der Waals surface area contributed by atoms with E-state index < -0.39 is 5.97 Å². The summed E-state index contributed by atoms with van der Waals surface area (Å²) in [7, 11) is 0. The number of aliphatic carboxylic acids is 1. The van der Waals surface area contributed by atoms with Gasteiger partial charge in [-0.15, -0.1) is 0 Å². The van der Waals surface area contributed by atoms with Crippen LogP contribution < -0.4 is 0 Å². The predicted molar refractivity (Wildman–Crippen MR) is 88.1 cm³/mol. The average molecular weight is 301 g/mol. The first kappa shape index (κ1) is 15.5. The van der Waals surface area contributed by atoms with Crippen molar-refractivity contribution in [2.75, 3.05) is 13.1 Å². The number of aryl methyl sites for hydroxylation is 1. The molecule has 1 saturated heterocycles. The number of hydrogen-bond acceptors (Lipinski definition) is 2. The van der Waals surface area contributed by atoms with Crippen molar-refractivity contribution in [3.8, 4) is 0 Å². The van der Waals surface area contributed by atoms with Gasteiger partial charge < -0.3 is 5.11 Å². The summed E-state index contributed by atoms with van der Waals surface area (Å²) in [6.45, 7) is 4.03. The fourth-order valence-electron chi connectivity index (χ4n) is 4.23. The summed E-state index contributed by atoms with van der Waals surface area (Å²) in [6, 6.07) is 9.63. The van der Waals surface area contributed by atoms with E-state index in [0.717, 1.165) is 25.9 Å². The molecule has 1 saturated carbocycles. The molecule has 1 aliphatic carbocycles. The Morgan fingerprint density at radius 1 is 1.05 bits per heavy atom. The molecule has 0 amide bonds. The summed E-state index contributed by atoms with van der Waals surface area (Å²) in [4.78, 5) is 13.7. The summed E-state index contributed by atoms with van der Waals surface area (Å²) >= 11 is 0. The van der Waals surface area contributed by atoms with Crippen LogP contribution in [0.3, 0.4) is 0 Å². The normalized spacial score (nSPS) is 27.7. The Labute approximate surface area is 133 Å². The van der Waals surface area contributed by atoms with Gasteiger partial charge in [-0.25, -0.2) is 0 Å². The van der Waals surface area contributed by atoms with E-state index in [9.17, 15) is 9.90 Å². The second kappa shape index (κ2) is 6.82. The molecule has 1 heterocycles. The first-order valence-electron chi connectivity index (χ1n) is 8.68. The van der Waals surface area contributed by atoms with Gasteiger partial charge in [0.2, 0.25) is 0 Å². The highest BCUT2D eigenvalue weighted by Crippen LogP contribution is 2.37. The Morgan fingerprint density at radius 3 is 2.32 bits per heavy atom. The maximum atomic E-state index is 11.1. The molecule has 2 unspecified atom stereocenters. The van der Waals surface area contributed by atoms with E-state index in [1.807, 2.05) is 0 Å². The molecule has 22 heavy (non-hydrogen) atoms. The molecular weight excluding hydrogens is 274 g/mol. The summed E-state index contributed by atoms with van der Waals surface area (Å²) in [5.41, 5.74) is 2.79. The molecule has 1 aromatic rings. The number of carboxylic acids is 1. The van der Waals surface area contributed by atoms with E-state index in [1.54, 1.807) is 0 Å². The molecule has 1 N–H and O–H groups in total. The van der Waals surface area contributed by atoms with E-state index in [4.69, 9.17) is 0 Å². The van der Waals surface area contributed by atoms with Gasteiger partial charge in [-0.05, 0) is 57.2 Å². The van der Waals surface area contributed by atoms with Crippen LogP contribution in [0.1, 0.15) is 55.6 Å². The number of carboxylic acid groups (broad SMARTS) is 1. The van der Waals surface area contributed by atoms with Crippen molar-refractivity contribution in [1.29, 1.82) is 0 Å². The van der Waals surface area contributed by atoms with Crippen LogP contribution in [0.5, 0.6) is 0 Å². The Kier molecular flexibility index (Phi) is 4.82. The third-order valence-corrected chi connectivity index (χ3v) is 5.58. The second-order valence-electron chi connectivity index (χ2n) is 7.02. The van der Waals surface area contributed by atoms with E-state index in [-0.39, 0.29) is 5.92 Å². The SMILES string of the molecule is Cc1ccc(C2CCCCC2N2CCC(C(=O)O)CC2)cc1. The van der Waals surface area contributed by atoms with E-state index in [0.29, 0.717) is 12.0 Å². The van der Waals surface area contributed by atoms with Gasteiger partial charge in [0, 0.05) is 6.04 Å². The van der Waals surface area contributed by atoms with Crippen molar-refractivity contribution in [3.05, 3.63) is 35.4 Å². The monoisotopic (exact) mass is 301 g/mol. The lowest BCUT2D eigenvalue weighted by Crippen LogP contribution is -2.46. The van der Waals surface area contributed by atoms with Gasteiger partial charge in [0.15, 0.2) is 0 Å². The molecule has 3 nitrogen and oxygen atoms in total. The molecule has 120 valence electrons. The Balaban J connectivity index is 1.70. The van der Waals surface area contributed by atoms with Crippen LogP contribution in [-0.2, 0) is 4.79 Å². The molecular formula is C19H27NO2. The first-order valence-corrected chi connectivity index (χ1v) is 8.68. The predicted octanol–water partition coefficient (Wildman–Crippen LogP) is 3.82. The Morgan fingerprint density at radius 2 is 1.68 bits per heavy atom. The summed E-state index contributed by atoms with van der Waals surface area (Å²) in [5, 5.41) is 9.17. The molecule has 2 atom stereocenters. The number of nitrogens with zero attached hydrogens (tertiary/aromatic N) is 1. The van der Waals surface area contributed by atoms with Crippen molar-refractivity contribution in [2.24, 2.45) is 5.92 Å². The van der Waals surface area contributed by atoms with Crippen LogP contribution in [0.15, 0.2) is 24.3 Å². The minimum atomic E-state index is -0.613. The van der Waals surface area contributed by atoms with Gasteiger partial charge in [-0.2, -0.15) is 0 Å². The van der Waals surface area contributed by atoms with Crippen molar-refractivity contribution in [1.82, 2.24) is 4.90 Å². The number of likely N-dealkylation sites (tertiary alicyclic amines) is 1. The molecule has 1 aliphatic heterocycles. The van der Waals surface area contributed by atoms with E-state index in [1.165, 1.54) is 36.8 Å². The molecule has 0 spiro atoms. The average Bonchev–Trinajstić information content (AvgIpc) is 2.56. The minimum absolute atomic E-state index is 0.127. The van der Waals surface area contributed by atoms with Crippen molar-refractivity contribution >= 4 is 5.97 Å². The quantitative estimate of drug-likeness (QED) is 0.922. The smallest absolute Gasteiger partial charge is 0.306 e. The van der Waals surface area contributed by atoms with Crippen LogP contribution >= 0.6 is 0 Å². The maximum Gasteiger partial charge on any atom is 0.306 e. The number of piperidine rings is 1. The fourth-order valence-corrected chi connectivity index (χ4v) is 4.23. The summed E-state index contributed by atoms with van der Waals surface area (Å²) in [6.07, 6.45) is 6.79. The number of benzene rings is 1. The minimum Gasteiger partial charge on any atom is -0.481 e. The zero-order chi connectivity index (χ0) is 15.5. The van der Waals surface area contributed by atoms with Crippen LogP contribution in [0.4, 0.5) is 0 Å². The van der Waals surface area contributed by atoms with Gasteiger partial charge in [-0.1, -0.05) is 42.7 Å². The fraction of sp³-hybridized carbons (Fsp3) is 0.632. The number of rotatable bonds is 3. The van der Waals surface area contributed by atoms with Crippen molar-refractivity contribution in [3.63, 3.8) is 0 Å². The largest absolute Gasteiger partial charge is 0.481 e. The molecule has 0 radical (unpaired) electrons. The molecule has 0 aromatic heterocycles. The molecule has 2 fully saturated rings. The lowest BCUT2D eigenvalue weighted by Gasteiger charge is -2.43. The Bertz CT molecular complexity index is 503. The Hall–Kier alpha value is -1.35. The van der Waals surface area contributed by atoms with Crippen LogP contribution in [0.2, 0.25) is 0 Å². The summed E-state index contributed by atoms with van der Waals surface area (Å²) in [5.74, 6) is -0.119. The van der Waals surface area contributed by atoms with E-state index >= 15 is 0 Å². The van der Waals surface area contributed by atoms with Crippen LogP contribution in [0, 0.1) is 12.8 Å². The van der Waals surface area contributed by atoms with Gasteiger partial charge in [-0.3, -0.25) is 9.69 Å². The molecule has 1 aromatic carbocycles. The molecule has 3 heteroatoms. The lowest BCUT2D eigenvalue weighted by atomic mass is 9.78. The van der Waals surface area contributed by atoms with E-state index in [2.05, 4.69) is 36.1 Å². The number of carbonyl (C=O) groups is 1. The highest BCUT2D eigenvalue weighted by atomic mass is 16.4. The maximum absolute atomic E-state index is 11.1. The van der Waals surface area contributed by atoms with Gasteiger partial charge in [0.1, 0.15) is 0 Å². The highest BCUT2D eigenvalue weighted by Gasteiger charge is 2.34. The van der Waals surface area contributed by atoms with Gasteiger partial charge >= 0.3 is 5.97 Å². The lowest BCUT2D eigenvalue weighted by molar-refractivity contribution is -0.143. The third-order valence-electron chi connectivity index (χ3n) is 5.58. The van der Waals surface area contributed by atoms with Gasteiger partial charge in [0.05, 0.1) is 5.92 Å². The zero-order valence-corrected chi connectivity index (χ0v) is 13.5. The highest BCUT2D eigenvalue weighted by molar-refractivity contribution is 5.70. The van der Waals surface area contributed by atoms with Crippen LogP contribution in [0.25, 0.3) is 0 Å². The first-order chi connectivity index (χ1) is 10.6. The topological polar surface area (TPSA) is 40.5 Å². The standard InChI is InChI=1S/C19H27NO2/c1-14-6-8-15(9-7-14)17-4-2-3-5-18(17)20-12-10-16(11-13-20)19(21)22/h6-9,16-18H,2-5,10-13H2,1H3,(H,21,22). The second-order valence-corrected chi connectivity index (χ2v) is 7.02. The molecule has 0 bridgehead atoms. The van der Waals surface area contributed by atoms with Crippen molar-refractivity contribution in [2.45, 2.75) is 57.4 Å². The summed E-state index contributed by atoms with van der Waals surface area (Å²) < 4.78 is 0. The number of hydrogen-bond donors (Lipinski definition) is 1.